The second kappa shape index (κ2) is 13.1. The van der Waals surface area contributed by atoms with E-state index < -0.39 is 89.6 Å². The SMILES string of the molecule is O=C(OP(=O)(O)O)[C@H](O[C@@H](C(=O)OP(=O)(O)O)[C@@H](O)[C@H](O)[C@H](O)CO)[C@@H](O)[C@H](O)[C@H](O)CO. The van der Waals surface area contributed by atoms with Gasteiger partial charge in [-0.1, -0.05) is 0 Å². The smallest absolute Gasteiger partial charge is 0.394 e. The molecule has 0 aliphatic carbocycles. The van der Waals surface area contributed by atoms with Gasteiger partial charge < -0.3 is 54.6 Å². The van der Waals surface area contributed by atoms with Gasteiger partial charge in [0.15, 0.2) is 12.2 Å². The van der Waals surface area contributed by atoms with E-state index in [4.69, 9.17) is 29.8 Å². The van der Waals surface area contributed by atoms with Crippen LogP contribution in [-0.2, 0) is 32.5 Å². The van der Waals surface area contributed by atoms with E-state index in [1.807, 2.05) is 0 Å². The molecule has 0 aromatic carbocycles. The fourth-order valence-electron chi connectivity index (χ4n) is 2.08. The van der Waals surface area contributed by atoms with Crippen molar-refractivity contribution in [3.05, 3.63) is 0 Å². The van der Waals surface area contributed by atoms with Crippen LogP contribution in [0.4, 0.5) is 0 Å². The fourth-order valence-corrected chi connectivity index (χ4v) is 2.75. The van der Waals surface area contributed by atoms with Crippen LogP contribution >= 0.6 is 15.6 Å². The standard InChI is InChI=1S/C12H24O19P2/c13-1-3(15)5(17)7(19)9(11(21)30-32(23,24)25)29-10(12(22)31-33(26,27)28)8(20)6(18)4(16)2-14/h3-10,13-20H,1-2H2,(H2,23,24,25)(H2,26,27,28)/t3-,4-,5-,6-,7+,8+,9-,10-/m1/s1. The van der Waals surface area contributed by atoms with Gasteiger partial charge in [0.1, 0.15) is 36.6 Å². The van der Waals surface area contributed by atoms with Gasteiger partial charge in [-0.3, -0.25) is 19.6 Å². The van der Waals surface area contributed by atoms with Crippen LogP contribution in [-0.4, -0.2) is 134 Å². The summed E-state index contributed by atoms with van der Waals surface area (Å²) >= 11 is 0. The summed E-state index contributed by atoms with van der Waals surface area (Å²) < 4.78 is 33.7. The number of rotatable bonds is 14. The second-order valence-corrected chi connectivity index (χ2v) is 8.57. The number of ether oxygens (including phenoxy) is 1. The number of phosphoric acid groups is 2. The molecule has 0 saturated carbocycles. The molecule has 0 radical (unpaired) electrons. The van der Waals surface area contributed by atoms with E-state index in [-0.39, 0.29) is 0 Å². The Morgan fingerprint density at radius 1 is 0.606 bits per heavy atom. The van der Waals surface area contributed by atoms with Gasteiger partial charge >= 0.3 is 27.6 Å². The first kappa shape index (κ1) is 31.9. The van der Waals surface area contributed by atoms with Gasteiger partial charge in [0.2, 0.25) is 0 Å². The van der Waals surface area contributed by atoms with Crippen LogP contribution in [0.3, 0.4) is 0 Å². The molecular formula is C12H24O19P2. The second-order valence-electron chi connectivity index (χ2n) is 6.24. The van der Waals surface area contributed by atoms with Crippen molar-refractivity contribution in [1.29, 1.82) is 0 Å². The molecule has 0 aliphatic rings. The Balaban J connectivity index is 6.30. The molecule has 196 valence electrons. The third kappa shape index (κ3) is 10.8. The topological polar surface area (TPSA) is 339 Å². The quantitative estimate of drug-likeness (QED) is 0.0921. The molecule has 0 amide bonds. The summed E-state index contributed by atoms with van der Waals surface area (Å²) in [5.74, 6) is -4.56. The van der Waals surface area contributed by atoms with E-state index in [1.54, 1.807) is 0 Å². The monoisotopic (exact) mass is 534 g/mol. The van der Waals surface area contributed by atoms with Crippen molar-refractivity contribution in [1.82, 2.24) is 0 Å². The van der Waals surface area contributed by atoms with E-state index in [0.29, 0.717) is 0 Å². The number of aliphatic hydroxyl groups excluding tert-OH is 8. The predicted molar refractivity (Wildman–Crippen MR) is 95.1 cm³/mol. The van der Waals surface area contributed by atoms with Gasteiger partial charge in [-0.25, -0.2) is 18.7 Å². The van der Waals surface area contributed by atoms with Crippen LogP contribution in [0.2, 0.25) is 0 Å². The largest absolute Gasteiger partial charge is 0.527 e. The fraction of sp³-hybridized carbons (Fsp3) is 0.833. The third-order valence-corrected chi connectivity index (χ3v) is 4.49. The molecule has 33 heavy (non-hydrogen) atoms. The summed E-state index contributed by atoms with van der Waals surface area (Å²) in [5, 5.41) is 76.0. The molecule has 0 aliphatic heterocycles. The lowest BCUT2D eigenvalue weighted by Crippen LogP contribution is -2.56. The molecule has 0 aromatic rings. The van der Waals surface area contributed by atoms with E-state index in [9.17, 15) is 49.4 Å². The number of carbonyl (C=O) groups is 2. The molecule has 0 fully saturated rings. The minimum Gasteiger partial charge on any atom is -0.394 e. The summed E-state index contributed by atoms with van der Waals surface area (Å²) in [4.78, 5) is 59.1. The molecule has 0 rings (SSSR count). The number of aliphatic hydroxyl groups is 8. The maximum absolute atomic E-state index is 12.0. The highest BCUT2D eigenvalue weighted by Gasteiger charge is 2.47. The lowest BCUT2D eigenvalue weighted by Gasteiger charge is -2.33. The minimum absolute atomic E-state index is 1.26. The zero-order valence-electron chi connectivity index (χ0n) is 16.2. The molecule has 0 heterocycles. The van der Waals surface area contributed by atoms with E-state index in [2.05, 4.69) is 13.8 Å². The Morgan fingerprint density at radius 3 is 1.09 bits per heavy atom. The van der Waals surface area contributed by atoms with Gasteiger partial charge in [0, 0.05) is 0 Å². The summed E-state index contributed by atoms with van der Waals surface area (Å²) in [6, 6.07) is 0. The summed E-state index contributed by atoms with van der Waals surface area (Å²) in [6.07, 6.45) is -21.2. The Bertz CT molecular complexity index is 672. The van der Waals surface area contributed by atoms with Crippen LogP contribution in [0.25, 0.3) is 0 Å². The van der Waals surface area contributed by atoms with Crippen molar-refractivity contribution in [2.75, 3.05) is 13.2 Å². The lowest BCUT2D eigenvalue weighted by atomic mass is 10.0. The summed E-state index contributed by atoms with van der Waals surface area (Å²) in [7, 11) is -11.4. The predicted octanol–water partition coefficient (Wildman–Crippen LogP) is -6.84. The Hall–Kier alpha value is -1.12. The van der Waals surface area contributed by atoms with Crippen LogP contribution < -0.4 is 0 Å². The molecule has 21 heteroatoms. The van der Waals surface area contributed by atoms with E-state index in [0.717, 1.165) is 0 Å². The highest BCUT2D eigenvalue weighted by molar-refractivity contribution is 7.47. The van der Waals surface area contributed by atoms with Crippen molar-refractivity contribution < 1.29 is 92.9 Å². The average Bonchev–Trinajstić information content (AvgIpc) is 2.68. The molecule has 19 nitrogen and oxygen atoms in total. The van der Waals surface area contributed by atoms with Crippen molar-refractivity contribution >= 4 is 27.6 Å². The van der Waals surface area contributed by atoms with Crippen LogP contribution in [0.5, 0.6) is 0 Å². The third-order valence-electron chi connectivity index (χ3n) is 3.66. The Morgan fingerprint density at radius 2 is 0.879 bits per heavy atom. The number of hydrogen-bond acceptors (Lipinski definition) is 15. The van der Waals surface area contributed by atoms with Crippen molar-refractivity contribution in [2.45, 2.75) is 48.8 Å². The van der Waals surface area contributed by atoms with Gasteiger partial charge in [0.25, 0.3) is 0 Å². The van der Waals surface area contributed by atoms with Gasteiger partial charge in [-0.05, 0) is 0 Å². The van der Waals surface area contributed by atoms with Gasteiger partial charge in [0.05, 0.1) is 13.2 Å². The molecule has 8 atom stereocenters. The summed E-state index contributed by atoms with van der Waals surface area (Å²) in [5.41, 5.74) is 0. The molecule has 12 N–H and O–H groups in total. The van der Waals surface area contributed by atoms with Gasteiger partial charge in [-0.2, -0.15) is 0 Å². The van der Waals surface area contributed by atoms with Crippen LogP contribution in [0.15, 0.2) is 0 Å². The van der Waals surface area contributed by atoms with Gasteiger partial charge in [-0.15, -0.1) is 0 Å². The van der Waals surface area contributed by atoms with Crippen molar-refractivity contribution in [3.8, 4) is 0 Å². The number of phosphoric ester groups is 2. The van der Waals surface area contributed by atoms with E-state index in [1.165, 1.54) is 0 Å². The highest BCUT2D eigenvalue weighted by Crippen LogP contribution is 2.38. The van der Waals surface area contributed by atoms with Crippen LogP contribution in [0.1, 0.15) is 0 Å². The molecule has 0 saturated heterocycles. The molecule has 0 spiro atoms. The molecular weight excluding hydrogens is 510 g/mol. The first-order valence-electron chi connectivity index (χ1n) is 8.39. The Labute approximate surface area is 183 Å². The van der Waals surface area contributed by atoms with Crippen molar-refractivity contribution in [3.63, 3.8) is 0 Å². The first-order valence-corrected chi connectivity index (χ1v) is 11.5. The van der Waals surface area contributed by atoms with Crippen molar-refractivity contribution in [2.24, 2.45) is 0 Å². The maximum Gasteiger partial charge on any atom is 0.527 e. The normalized spacial score (nSPS) is 20.0. The zero-order chi connectivity index (χ0) is 26.3. The van der Waals surface area contributed by atoms with E-state index >= 15 is 0 Å². The minimum atomic E-state index is -5.70. The summed E-state index contributed by atoms with van der Waals surface area (Å²) in [6.45, 7) is -2.52. The Kier molecular flexibility index (Phi) is 12.7. The number of hydrogen-bond donors (Lipinski definition) is 12. The number of carbonyl (C=O) groups excluding carboxylic acids is 2. The average molecular weight is 534 g/mol. The first-order chi connectivity index (χ1) is 14.9. The van der Waals surface area contributed by atoms with Crippen LogP contribution in [0, 0.1) is 0 Å². The molecule has 0 aromatic heterocycles. The maximum atomic E-state index is 12.0. The molecule has 0 unspecified atom stereocenters. The lowest BCUT2D eigenvalue weighted by molar-refractivity contribution is -0.204. The zero-order valence-corrected chi connectivity index (χ0v) is 17.9. The highest BCUT2D eigenvalue weighted by atomic mass is 31.2. The molecule has 0 bridgehead atoms.